The summed E-state index contributed by atoms with van der Waals surface area (Å²) in [6.45, 7) is 6.78. The van der Waals surface area contributed by atoms with Crippen LogP contribution in [0.3, 0.4) is 0 Å². The first-order valence-electron chi connectivity index (χ1n) is 6.22. The van der Waals surface area contributed by atoms with Crippen LogP contribution in [0, 0.1) is 6.92 Å². The zero-order valence-electron chi connectivity index (χ0n) is 11.2. The minimum Gasteiger partial charge on any atom is -0.481 e. The smallest absolute Gasteiger partial charge is 0.304 e. The lowest BCUT2D eigenvalue weighted by molar-refractivity contribution is -0.137. The highest BCUT2D eigenvalue weighted by Gasteiger charge is 2.09. The number of benzene rings is 1. The van der Waals surface area contributed by atoms with Crippen LogP contribution in [0.2, 0.25) is 0 Å². The van der Waals surface area contributed by atoms with E-state index in [4.69, 9.17) is 10.8 Å². The summed E-state index contributed by atoms with van der Waals surface area (Å²) in [5.41, 5.74) is 9.16. The van der Waals surface area contributed by atoms with Gasteiger partial charge in [-0.15, -0.1) is 0 Å². The predicted molar refractivity (Wildman–Crippen MR) is 74.0 cm³/mol. The molecule has 0 aliphatic carbocycles. The van der Waals surface area contributed by atoms with Crippen LogP contribution in [0.1, 0.15) is 37.3 Å². The van der Waals surface area contributed by atoms with Crippen molar-refractivity contribution < 1.29 is 9.90 Å². The van der Waals surface area contributed by atoms with E-state index in [-0.39, 0.29) is 12.5 Å². The van der Waals surface area contributed by atoms with E-state index in [1.165, 1.54) is 5.56 Å². The first kappa shape index (κ1) is 14.5. The van der Waals surface area contributed by atoms with Crippen molar-refractivity contribution in [1.82, 2.24) is 0 Å². The topological polar surface area (TPSA) is 75.3 Å². The van der Waals surface area contributed by atoms with Gasteiger partial charge in [0.2, 0.25) is 0 Å². The van der Waals surface area contributed by atoms with Gasteiger partial charge >= 0.3 is 5.97 Å². The summed E-state index contributed by atoms with van der Waals surface area (Å²) >= 11 is 0. The van der Waals surface area contributed by atoms with E-state index in [0.29, 0.717) is 12.5 Å². The van der Waals surface area contributed by atoms with Crippen LogP contribution in [0.5, 0.6) is 0 Å². The van der Waals surface area contributed by atoms with E-state index < -0.39 is 5.97 Å². The number of nitrogens with two attached hydrogens (primary N) is 1. The third-order valence-electron chi connectivity index (χ3n) is 2.92. The first-order valence-corrected chi connectivity index (χ1v) is 6.22. The van der Waals surface area contributed by atoms with Crippen molar-refractivity contribution in [3.8, 4) is 0 Å². The molecule has 0 radical (unpaired) electrons. The Hall–Kier alpha value is -1.55. The minimum absolute atomic E-state index is 0.0179. The van der Waals surface area contributed by atoms with Crippen molar-refractivity contribution in [2.75, 3.05) is 11.9 Å². The van der Waals surface area contributed by atoms with Crippen LogP contribution in [-0.2, 0) is 4.79 Å². The third-order valence-corrected chi connectivity index (χ3v) is 2.92. The molecule has 0 saturated heterocycles. The van der Waals surface area contributed by atoms with Gasteiger partial charge in [-0.05, 0) is 30.0 Å². The molecular weight excluding hydrogens is 228 g/mol. The standard InChI is InChI=1S/C14H22N2O2/c1-9(2)11-5-4-10(3)13(6-11)16-8-12(15)7-14(17)18/h4-6,9,12,16H,7-8,15H2,1-3H3,(H,17,18). The van der Waals surface area contributed by atoms with E-state index in [0.717, 1.165) is 11.3 Å². The lowest BCUT2D eigenvalue weighted by Gasteiger charge is -2.15. The second-order valence-electron chi connectivity index (χ2n) is 4.97. The zero-order chi connectivity index (χ0) is 13.7. The quantitative estimate of drug-likeness (QED) is 0.724. The zero-order valence-corrected chi connectivity index (χ0v) is 11.2. The van der Waals surface area contributed by atoms with Gasteiger partial charge in [-0.1, -0.05) is 26.0 Å². The Kier molecular flexibility index (Phi) is 5.16. The van der Waals surface area contributed by atoms with Crippen LogP contribution < -0.4 is 11.1 Å². The maximum Gasteiger partial charge on any atom is 0.304 e. The molecule has 1 aromatic rings. The lowest BCUT2D eigenvalue weighted by atomic mass is 10.0. The van der Waals surface area contributed by atoms with E-state index >= 15 is 0 Å². The van der Waals surface area contributed by atoms with Gasteiger partial charge in [0.1, 0.15) is 0 Å². The molecule has 0 aliphatic heterocycles. The molecule has 1 aromatic carbocycles. The largest absolute Gasteiger partial charge is 0.481 e. The number of hydrogen-bond donors (Lipinski definition) is 3. The van der Waals surface area contributed by atoms with E-state index in [9.17, 15) is 4.79 Å². The molecule has 0 aromatic heterocycles. The summed E-state index contributed by atoms with van der Waals surface area (Å²) in [5, 5.41) is 11.9. The lowest BCUT2D eigenvalue weighted by Crippen LogP contribution is -2.31. The van der Waals surface area contributed by atoms with Gasteiger partial charge in [0.15, 0.2) is 0 Å². The minimum atomic E-state index is -0.864. The summed E-state index contributed by atoms with van der Waals surface area (Å²) in [5.74, 6) is -0.393. The molecule has 100 valence electrons. The average Bonchev–Trinajstić information content (AvgIpc) is 2.26. The number of carboxylic acid groups (broad SMARTS) is 1. The highest BCUT2D eigenvalue weighted by Crippen LogP contribution is 2.22. The molecule has 0 aliphatic rings. The molecule has 0 saturated carbocycles. The van der Waals surface area contributed by atoms with Crippen molar-refractivity contribution in [3.63, 3.8) is 0 Å². The van der Waals surface area contributed by atoms with Gasteiger partial charge in [0, 0.05) is 18.3 Å². The maximum atomic E-state index is 10.5. The summed E-state index contributed by atoms with van der Waals surface area (Å²) in [6.07, 6.45) is -0.0179. The number of hydrogen-bond acceptors (Lipinski definition) is 3. The van der Waals surface area contributed by atoms with Crippen LogP contribution >= 0.6 is 0 Å². The summed E-state index contributed by atoms with van der Waals surface area (Å²) < 4.78 is 0. The Morgan fingerprint density at radius 1 is 1.44 bits per heavy atom. The molecule has 0 bridgehead atoms. The van der Waals surface area contributed by atoms with Crippen molar-refractivity contribution in [3.05, 3.63) is 29.3 Å². The normalized spacial score (nSPS) is 12.5. The number of carboxylic acids is 1. The highest BCUT2D eigenvalue weighted by molar-refractivity contribution is 5.67. The predicted octanol–water partition coefficient (Wildman–Crippen LogP) is 2.33. The van der Waals surface area contributed by atoms with Gasteiger partial charge < -0.3 is 16.2 Å². The molecule has 1 unspecified atom stereocenters. The number of aryl methyl sites for hydroxylation is 1. The molecular formula is C14H22N2O2. The second kappa shape index (κ2) is 6.40. The molecule has 0 spiro atoms. The monoisotopic (exact) mass is 250 g/mol. The number of carbonyl (C=O) groups is 1. The number of rotatable bonds is 6. The fraction of sp³-hybridized carbons (Fsp3) is 0.500. The average molecular weight is 250 g/mol. The molecule has 0 heterocycles. The summed E-state index contributed by atoms with van der Waals surface area (Å²) in [4.78, 5) is 10.5. The highest BCUT2D eigenvalue weighted by atomic mass is 16.4. The molecule has 0 amide bonds. The van der Waals surface area contributed by atoms with E-state index in [2.05, 4.69) is 37.4 Å². The second-order valence-corrected chi connectivity index (χ2v) is 4.97. The Bertz CT molecular complexity index is 416. The van der Waals surface area contributed by atoms with Crippen LogP contribution in [0.25, 0.3) is 0 Å². The van der Waals surface area contributed by atoms with Gasteiger partial charge in [-0.3, -0.25) is 4.79 Å². The van der Waals surface area contributed by atoms with Gasteiger partial charge in [0.05, 0.1) is 6.42 Å². The third kappa shape index (κ3) is 4.37. The number of anilines is 1. The van der Waals surface area contributed by atoms with Gasteiger partial charge in [-0.2, -0.15) is 0 Å². The molecule has 4 heteroatoms. The Balaban J connectivity index is 2.66. The van der Waals surface area contributed by atoms with E-state index in [1.807, 2.05) is 6.92 Å². The summed E-state index contributed by atoms with van der Waals surface area (Å²) in [6, 6.07) is 5.92. The molecule has 1 rings (SSSR count). The van der Waals surface area contributed by atoms with Crippen molar-refractivity contribution >= 4 is 11.7 Å². The summed E-state index contributed by atoms with van der Waals surface area (Å²) in [7, 11) is 0. The van der Waals surface area contributed by atoms with Gasteiger partial charge in [-0.25, -0.2) is 0 Å². The fourth-order valence-corrected chi connectivity index (χ4v) is 1.73. The SMILES string of the molecule is Cc1ccc(C(C)C)cc1NCC(N)CC(=O)O. The van der Waals surface area contributed by atoms with Crippen molar-refractivity contribution in [1.29, 1.82) is 0 Å². The molecule has 1 atom stereocenters. The maximum absolute atomic E-state index is 10.5. The van der Waals surface area contributed by atoms with E-state index in [1.54, 1.807) is 0 Å². The number of nitrogens with one attached hydrogen (secondary N) is 1. The van der Waals surface area contributed by atoms with Crippen LogP contribution in [-0.4, -0.2) is 23.7 Å². The van der Waals surface area contributed by atoms with Crippen LogP contribution in [0.15, 0.2) is 18.2 Å². The number of aliphatic carboxylic acids is 1. The van der Waals surface area contributed by atoms with Crippen molar-refractivity contribution in [2.45, 2.75) is 39.2 Å². The molecule has 4 nitrogen and oxygen atoms in total. The Morgan fingerprint density at radius 3 is 2.67 bits per heavy atom. The molecule has 4 N–H and O–H groups in total. The van der Waals surface area contributed by atoms with Crippen molar-refractivity contribution in [2.24, 2.45) is 5.73 Å². The fourth-order valence-electron chi connectivity index (χ4n) is 1.73. The molecule has 18 heavy (non-hydrogen) atoms. The molecule has 0 fully saturated rings. The Labute approximate surface area is 108 Å². The van der Waals surface area contributed by atoms with Crippen LogP contribution in [0.4, 0.5) is 5.69 Å². The first-order chi connectivity index (χ1) is 8.40. The van der Waals surface area contributed by atoms with Gasteiger partial charge in [0.25, 0.3) is 0 Å². The Morgan fingerprint density at radius 2 is 2.11 bits per heavy atom.